The minimum Gasteiger partial charge on any atom is -0.293 e. The molecule has 0 aliphatic rings. The van der Waals surface area contributed by atoms with Gasteiger partial charge < -0.3 is 0 Å². The zero-order valence-electron chi connectivity index (χ0n) is 9.32. The molecule has 1 atom stereocenters. The van der Waals surface area contributed by atoms with Crippen LogP contribution in [0.25, 0.3) is 0 Å². The molecule has 0 aliphatic heterocycles. The summed E-state index contributed by atoms with van der Waals surface area (Å²) >= 11 is 0. The lowest BCUT2D eigenvalue weighted by Gasteiger charge is -2.23. The molecule has 0 spiro atoms. The molecule has 0 N–H and O–H groups in total. The van der Waals surface area contributed by atoms with Crippen LogP contribution in [0.15, 0.2) is 30.3 Å². The second-order valence-corrected chi connectivity index (χ2v) is 4.66. The molecular weight excluding hydrogens is 186 g/mol. The van der Waals surface area contributed by atoms with Crippen molar-refractivity contribution in [2.45, 2.75) is 20.8 Å². The molecule has 1 aromatic carbocycles. The van der Waals surface area contributed by atoms with Gasteiger partial charge in [-0.1, -0.05) is 51.1 Å². The molecule has 1 unspecified atom stereocenters. The second-order valence-electron chi connectivity index (χ2n) is 4.66. The van der Waals surface area contributed by atoms with E-state index >= 15 is 0 Å². The first kappa shape index (κ1) is 11.5. The van der Waals surface area contributed by atoms with E-state index in [4.69, 9.17) is 5.26 Å². The lowest BCUT2D eigenvalue weighted by atomic mass is 9.77. The van der Waals surface area contributed by atoms with Crippen LogP contribution in [-0.4, -0.2) is 5.78 Å². The van der Waals surface area contributed by atoms with Gasteiger partial charge in [-0.15, -0.1) is 0 Å². The fourth-order valence-corrected chi connectivity index (χ4v) is 1.41. The molecule has 2 nitrogen and oxygen atoms in total. The van der Waals surface area contributed by atoms with Gasteiger partial charge in [-0.05, 0) is 5.41 Å². The van der Waals surface area contributed by atoms with Gasteiger partial charge >= 0.3 is 0 Å². The van der Waals surface area contributed by atoms with E-state index in [1.165, 1.54) is 0 Å². The van der Waals surface area contributed by atoms with Crippen LogP contribution >= 0.6 is 0 Å². The van der Waals surface area contributed by atoms with Crippen molar-refractivity contribution < 1.29 is 4.79 Å². The number of hydrogen-bond donors (Lipinski definition) is 0. The Hall–Kier alpha value is -1.62. The number of carbonyl (C=O) groups is 1. The average molecular weight is 201 g/mol. The zero-order chi connectivity index (χ0) is 11.5. The van der Waals surface area contributed by atoms with Crippen LogP contribution in [0.1, 0.15) is 31.1 Å². The zero-order valence-corrected chi connectivity index (χ0v) is 9.32. The third-order valence-corrected chi connectivity index (χ3v) is 2.32. The van der Waals surface area contributed by atoms with Crippen LogP contribution < -0.4 is 0 Å². The Kier molecular flexibility index (Phi) is 3.26. The van der Waals surface area contributed by atoms with Gasteiger partial charge in [0.2, 0.25) is 0 Å². The highest BCUT2D eigenvalue weighted by atomic mass is 16.1. The van der Waals surface area contributed by atoms with Gasteiger partial charge in [0.1, 0.15) is 5.92 Å². The number of ketones is 1. The second kappa shape index (κ2) is 4.27. The lowest BCUT2D eigenvalue weighted by molar-refractivity contribution is 0.0877. The average Bonchev–Trinajstić information content (AvgIpc) is 2.18. The molecule has 0 saturated heterocycles. The van der Waals surface area contributed by atoms with Crippen molar-refractivity contribution in [3.8, 4) is 6.07 Å². The Morgan fingerprint density at radius 1 is 1.27 bits per heavy atom. The summed E-state index contributed by atoms with van der Waals surface area (Å²) in [6, 6.07) is 11.1. The van der Waals surface area contributed by atoms with Crippen LogP contribution in [-0.2, 0) is 0 Å². The highest BCUT2D eigenvalue weighted by Gasteiger charge is 2.31. The first-order valence-corrected chi connectivity index (χ1v) is 4.95. The highest BCUT2D eigenvalue weighted by Crippen LogP contribution is 2.28. The Balaban J connectivity index is 3.00. The summed E-state index contributed by atoms with van der Waals surface area (Å²) in [6.45, 7) is 5.71. The van der Waals surface area contributed by atoms with Crippen LogP contribution in [0.4, 0.5) is 0 Å². The van der Waals surface area contributed by atoms with Crippen molar-refractivity contribution in [3.63, 3.8) is 0 Å². The predicted molar refractivity (Wildman–Crippen MR) is 59.3 cm³/mol. The van der Waals surface area contributed by atoms with Crippen molar-refractivity contribution in [1.82, 2.24) is 0 Å². The number of rotatable bonds is 2. The first-order chi connectivity index (χ1) is 6.96. The van der Waals surface area contributed by atoms with E-state index in [-0.39, 0.29) is 11.2 Å². The van der Waals surface area contributed by atoms with Gasteiger partial charge in [-0.25, -0.2) is 0 Å². The summed E-state index contributed by atoms with van der Waals surface area (Å²) in [5, 5.41) is 9.02. The van der Waals surface area contributed by atoms with E-state index in [9.17, 15) is 4.79 Å². The van der Waals surface area contributed by atoms with Gasteiger partial charge in [0.25, 0.3) is 0 Å². The molecule has 15 heavy (non-hydrogen) atoms. The number of Topliss-reactive ketones (excluding diaryl/α,β-unsaturated/α-hetero) is 1. The maximum Gasteiger partial charge on any atom is 0.180 e. The highest BCUT2D eigenvalue weighted by molar-refractivity contribution is 5.99. The first-order valence-electron chi connectivity index (χ1n) is 4.95. The van der Waals surface area contributed by atoms with Gasteiger partial charge in [0, 0.05) is 5.56 Å². The van der Waals surface area contributed by atoms with Gasteiger partial charge in [-0.2, -0.15) is 5.26 Å². The van der Waals surface area contributed by atoms with E-state index in [0.29, 0.717) is 5.56 Å². The smallest absolute Gasteiger partial charge is 0.180 e. The molecule has 1 aromatic rings. The number of carbonyl (C=O) groups excluding carboxylic acids is 1. The summed E-state index contributed by atoms with van der Waals surface area (Å²) < 4.78 is 0. The molecule has 0 heterocycles. The summed E-state index contributed by atoms with van der Waals surface area (Å²) in [4.78, 5) is 12.0. The predicted octanol–water partition coefficient (Wildman–Crippen LogP) is 3.06. The number of benzene rings is 1. The van der Waals surface area contributed by atoms with Gasteiger partial charge in [0.15, 0.2) is 5.78 Å². The van der Waals surface area contributed by atoms with E-state index in [2.05, 4.69) is 6.07 Å². The van der Waals surface area contributed by atoms with Crippen molar-refractivity contribution >= 4 is 5.78 Å². The fraction of sp³-hybridized carbons (Fsp3) is 0.385. The fourth-order valence-electron chi connectivity index (χ4n) is 1.41. The van der Waals surface area contributed by atoms with E-state index < -0.39 is 5.92 Å². The Morgan fingerprint density at radius 2 is 1.80 bits per heavy atom. The number of hydrogen-bond acceptors (Lipinski definition) is 2. The molecule has 78 valence electrons. The summed E-state index contributed by atoms with van der Waals surface area (Å²) in [5.41, 5.74) is 0.292. The lowest BCUT2D eigenvalue weighted by Crippen LogP contribution is -2.27. The molecule has 2 heteroatoms. The van der Waals surface area contributed by atoms with Crippen LogP contribution in [0, 0.1) is 22.7 Å². The van der Waals surface area contributed by atoms with Crippen LogP contribution in [0.3, 0.4) is 0 Å². The van der Waals surface area contributed by atoms with E-state index in [1.807, 2.05) is 39.0 Å². The topological polar surface area (TPSA) is 40.9 Å². The van der Waals surface area contributed by atoms with Crippen molar-refractivity contribution in [3.05, 3.63) is 35.9 Å². The third-order valence-electron chi connectivity index (χ3n) is 2.32. The van der Waals surface area contributed by atoms with E-state index in [1.54, 1.807) is 12.1 Å². The molecular formula is C13H15NO. The van der Waals surface area contributed by atoms with E-state index in [0.717, 1.165) is 0 Å². The summed E-state index contributed by atoms with van der Waals surface area (Å²) in [7, 11) is 0. The minimum atomic E-state index is -0.583. The Bertz CT molecular complexity index is 381. The normalized spacial score (nSPS) is 12.9. The Labute approximate surface area is 90.5 Å². The van der Waals surface area contributed by atoms with Crippen LogP contribution in [0.5, 0.6) is 0 Å². The molecule has 0 bridgehead atoms. The molecule has 0 aliphatic carbocycles. The largest absolute Gasteiger partial charge is 0.293 e. The molecule has 0 fully saturated rings. The maximum atomic E-state index is 12.0. The van der Waals surface area contributed by atoms with Crippen molar-refractivity contribution in [1.29, 1.82) is 5.26 Å². The summed E-state index contributed by atoms with van der Waals surface area (Å²) in [5.74, 6) is -0.675. The van der Waals surface area contributed by atoms with Crippen molar-refractivity contribution in [2.24, 2.45) is 11.3 Å². The monoisotopic (exact) mass is 201 g/mol. The molecule has 0 amide bonds. The quantitative estimate of drug-likeness (QED) is 0.690. The molecule has 0 radical (unpaired) electrons. The van der Waals surface area contributed by atoms with Crippen molar-refractivity contribution in [2.75, 3.05) is 0 Å². The Morgan fingerprint density at radius 3 is 2.20 bits per heavy atom. The molecule has 0 aromatic heterocycles. The molecule has 1 rings (SSSR count). The standard InChI is InChI=1S/C13H15NO/c1-13(2,3)11(9-14)12(15)10-7-5-4-6-8-10/h4-8,11H,1-3H3. The van der Waals surface area contributed by atoms with Gasteiger partial charge in [0.05, 0.1) is 6.07 Å². The minimum absolute atomic E-state index is 0.0920. The third kappa shape index (κ3) is 2.66. The molecule has 0 saturated carbocycles. The SMILES string of the molecule is CC(C)(C)C(C#N)C(=O)c1ccccc1. The van der Waals surface area contributed by atoms with Gasteiger partial charge in [-0.3, -0.25) is 4.79 Å². The number of nitriles is 1. The summed E-state index contributed by atoms with van der Waals surface area (Å²) in [6.07, 6.45) is 0. The maximum absolute atomic E-state index is 12.0. The van der Waals surface area contributed by atoms with Crippen LogP contribution in [0.2, 0.25) is 0 Å². The number of nitrogens with zero attached hydrogens (tertiary/aromatic N) is 1.